The van der Waals surface area contributed by atoms with Crippen molar-refractivity contribution in [2.75, 3.05) is 20.1 Å². The summed E-state index contributed by atoms with van der Waals surface area (Å²) >= 11 is 0. The molecule has 0 atom stereocenters. The maximum atomic E-state index is 4.02. The van der Waals surface area contributed by atoms with Gasteiger partial charge in [-0.1, -0.05) is 12.7 Å². The van der Waals surface area contributed by atoms with Crippen molar-refractivity contribution in [3.8, 4) is 0 Å². The Morgan fingerprint density at radius 3 is 2.53 bits per heavy atom. The Labute approximate surface area is 94.8 Å². The molecule has 0 saturated heterocycles. The van der Waals surface area contributed by atoms with Crippen molar-refractivity contribution in [3.63, 3.8) is 0 Å². The minimum atomic E-state index is 1.06. The zero-order chi connectivity index (χ0) is 11.4. The Balaban J connectivity index is 3.15. The van der Waals surface area contributed by atoms with Gasteiger partial charge in [0.15, 0.2) is 0 Å². The van der Waals surface area contributed by atoms with E-state index in [2.05, 4.69) is 23.8 Å². The van der Waals surface area contributed by atoms with Gasteiger partial charge in [-0.3, -0.25) is 0 Å². The van der Waals surface area contributed by atoms with Crippen LogP contribution in [-0.4, -0.2) is 20.1 Å². The molecule has 0 aliphatic carbocycles. The van der Waals surface area contributed by atoms with Crippen LogP contribution >= 0.6 is 0 Å². The van der Waals surface area contributed by atoms with Crippen LogP contribution in [0, 0.1) is 0 Å². The van der Waals surface area contributed by atoms with Crippen LogP contribution < -0.4 is 10.6 Å². The van der Waals surface area contributed by atoms with E-state index in [0.29, 0.717) is 0 Å². The van der Waals surface area contributed by atoms with Gasteiger partial charge in [-0.25, -0.2) is 0 Å². The molecule has 2 N–H and O–H groups in total. The first kappa shape index (κ1) is 14.2. The Hall–Kier alpha value is -0.760. The van der Waals surface area contributed by atoms with E-state index in [1.54, 1.807) is 0 Å². The highest BCUT2D eigenvalue weighted by molar-refractivity contribution is 4.90. The summed E-state index contributed by atoms with van der Waals surface area (Å²) in [6.07, 6.45) is 9.08. The number of hydrogen-bond acceptors (Lipinski definition) is 2. The van der Waals surface area contributed by atoms with E-state index >= 15 is 0 Å². The van der Waals surface area contributed by atoms with E-state index in [9.17, 15) is 0 Å². The molecule has 2 nitrogen and oxygen atoms in total. The van der Waals surface area contributed by atoms with Crippen LogP contribution in [0.2, 0.25) is 0 Å². The van der Waals surface area contributed by atoms with Crippen molar-refractivity contribution in [1.29, 1.82) is 0 Å². The Bertz CT molecular complexity index is 164. The summed E-state index contributed by atoms with van der Waals surface area (Å²) in [5, 5.41) is 6.51. The predicted molar refractivity (Wildman–Crippen MR) is 69.0 cm³/mol. The van der Waals surface area contributed by atoms with Gasteiger partial charge in [-0.15, -0.1) is 6.58 Å². The normalized spacial score (nSPS) is 9.93. The molecule has 0 aliphatic heterocycles. The van der Waals surface area contributed by atoms with Gasteiger partial charge in [0.05, 0.1) is 0 Å². The third-order valence-corrected chi connectivity index (χ3v) is 2.37. The summed E-state index contributed by atoms with van der Waals surface area (Å²) in [6.45, 7) is 9.89. The van der Waals surface area contributed by atoms with Crippen LogP contribution in [0.4, 0.5) is 0 Å². The summed E-state index contributed by atoms with van der Waals surface area (Å²) in [7, 11) is 1.99. The van der Waals surface area contributed by atoms with E-state index in [4.69, 9.17) is 0 Å². The standard InChI is InChI=1S/C13H26N2/c1-4-5-6-7-10-13(2)15-12-9-8-11-14-3/h4,14-15H,1-2,5-12H2,3H3. The maximum absolute atomic E-state index is 4.02. The highest BCUT2D eigenvalue weighted by Gasteiger charge is 1.93. The SMILES string of the molecule is C=CCCCCC(=C)NCCCCNC. The molecule has 88 valence electrons. The minimum absolute atomic E-state index is 1.06. The van der Waals surface area contributed by atoms with E-state index in [1.807, 2.05) is 13.1 Å². The van der Waals surface area contributed by atoms with Crippen molar-refractivity contribution in [2.45, 2.75) is 38.5 Å². The summed E-state index contributed by atoms with van der Waals surface area (Å²) in [6, 6.07) is 0. The van der Waals surface area contributed by atoms with Gasteiger partial charge in [0, 0.05) is 12.2 Å². The molecule has 0 aromatic rings. The summed E-state index contributed by atoms with van der Waals surface area (Å²) in [5.41, 5.74) is 1.18. The van der Waals surface area contributed by atoms with E-state index in [-0.39, 0.29) is 0 Å². The average molecular weight is 210 g/mol. The number of hydrogen-bond donors (Lipinski definition) is 2. The molecule has 0 aromatic heterocycles. The van der Waals surface area contributed by atoms with Crippen LogP contribution in [-0.2, 0) is 0 Å². The van der Waals surface area contributed by atoms with E-state index in [0.717, 1.165) is 25.9 Å². The molecule has 0 aliphatic rings. The Morgan fingerprint density at radius 2 is 1.87 bits per heavy atom. The number of unbranched alkanes of at least 4 members (excludes halogenated alkanes) is 3. The van der Waals surface area contributed by atoms with Gasteiger partial charge in [0.25, 0.3) is 0 Å². The van der Waals surface area contributed by atoms with Crippen molar-refractivity contribution in [2.24, 2.45) is 0 Å². The molecular formula is C13H26N2. The van der Waals surface area contributed by atoms with Gasteiger partial charge in [0.1, 0.15) is 0 Å². The van der Waals surface area contributed by atoms with Gasteiger partial charge >= 0.3 is 0 Å². The number of rotatable bonds is 11. The largest absolute Gasteiger partial charge is 0.389 e. The molecule has 0 rings (SSSR count). The maximum Gasteiger partial charge on any atom is 0.0144 e. The first-order valence-corrected chi connectivity index (χ1v) is 5.98. The molecule has 0 fully saturated rings. The van der Waals surface area contributed by atoms with Gasteiger partial charge in [-0.2, -0.15) is 0 Å². The first-order chi connectivity index (χ1) is 7.31. The van der Waals surface area contributed by atoms with Crippen LogP contribution in [0.15, 0.2) is 24.9 Å². The van der Waals surface area contributed by atoms with Crippen LogP contribution in [0.3, 0.4) is 0 Å². The van der Waals surface area contributed by atoms with E-state index in [1.165, 1.54) is 31.4 Å². The summed E-state index contributed by atoms with van der Waals surface area (Å²) < 4.78 is 0. The minimum Gasteiger partial charge on any atom is -0.389 e. The lowest BCUT2D eigenvalue weighted by atomic mass is 10.1. The lowest BCUT2D eigenvalue weighted by Crippen LogP contribution is -2.16. The van der Waals surface area contributed by atoms with Gasteiger partial charge in [-0.05, 0) is 52.1 Å². The first-order valence-electron chi connectivity index (χ1n) is 5.98. The lowest BCUT2D eigenvalue weighted by Gasteiger charge is -2.08. The zero-order valence-electron chi connectivity index (χ0n) is 10.1. The molecule has 0 spiro atoms. The van der Waals surface area contributed by atoms with Crippen molar-refractivity contribution >= 4 is 0 Å². The summed E-state index contributed by atoms with van der Waals surface area (Å²) in [5.74, 6) is 0. The Morgan fingerprint density at radius 1 is 1.13 bits per heavy atom. The monoisotopic (exact) mass is 210 g/mol. The molecule has 0 unspecified atom stereocenters. The topological polar surface area (TPSA) is 24.1 Å². The van der Waals surface area contributed by atoms with Gasteiger partial charge in [0.2, 0.25) is 0 Å². The molecule has 0 heterocycles. The molecule has 0 aromatic carbocycles. The molecular weight excluding hydrogens is 184 g/mol. The predicted octanol–water partition coefficient (Wildman–Crippen LogP) is 2.84. The molecule has 0 bridgehead atoms. The van der Waals surface area contributed by atoms with Crippen LogP contribution in [0.25, 0.3) is 0 Å². The zero-order valence-corrected chi connectivity index (χ0v) is 10.1. The second kappa shape index (κ2) is 11.3. The smallest absolute Gasteiger partial charge is 0.0144 e. The molecule has 15 heavy (non-hydrogen) atoms. The van der Waals surface area contributed by atoms with Crippen LogP contribution in [0.5, 0.6) is 0 Å². The van der Waals surface area contributed by atoms with Crippen LogP contribution in [0.1, 0.15) is 38.5 Å². The summed E-state index contributed by atoms with van der Waals surface area (Å²) in [4.78, 5) is 0. The molecule has 2 heteroatoms. The molecule has 0 saturated carbocycles. The fraction of sp³-hybridized carbons (Fsp3) is 0.692. The molecule has 0 radical (unpaired) electrons. The van der Waals surface area contributed by atoms with Crippen molar-refractivity contribution in [1.82, 2.24) is 10.6 Å². The second-order valence-corrected chi connectivity index (χ2v) is 3.88. The second-order valence-electron chi connectivity index (χ2n) is 3.88. The Kier molecular flexibility index (Phi) is 10.7. The quantitative estimate of drug-likeness (QED) is 0.405. The third kappa shape index (κ3) is 11.2. The average Bonchev–Trinajstić information content (AvgIpc) is 2.24. The highest BCUT2D eigenvalue weighted by atomic mass is 14.9. The fourth-order valence-electron chi connectivity index (χ4n) is 1.41. The fourth-order valence-corrected chi connectivity index (χ4v) is 1.41. The van der Waals surface area contributed by atoms with Crippen molar-refractivity contribution in [3.05, 3.63) is 24.9 Å². The lowest BCUT2D eigenvalue weighted by molar-refractivity contribution is 0.623. The van der Waals surface area contributed by atoms with E-state index < -0.39 is 0 Å². The van der Waals surface area contributed by atoms with Crippen molar-refractivity contribution < 1.29 is 0 Å². The molecule has 0 amide bonds. The third-order valence-electron chi connectivity index (χ3n) is 2.37. The highest BCUT2D eigenvalue weighted by Crippen LogP contribution is 2.05. The number of nitrogens with one attached hydrogen (secondary N) is 2. The number of allylic oxidation sites excluding steroid dienone is 2. The van der Waals surface area contributed by atoms with Gasteiger partial charge < -0.3 is 10.6 Å².